The van der Waals surface area contributed by atoms with Crippen LogP contribution in [0.3, 0.4) is 0 Å². The Morgan fingerprint density at radius 3 is 2.71 bits per heavy atom. The highest BCUT2D eigenvalue weighted by molar-refractivity contribution is 7.99. The summed E-state index contributed by atoms with van der Waals surface area (Å²) in [6, 6.07) is 15.7. The molecule has 0 bridgehead atoms. The molecular formula is C17H15NO2S. The van der Waals surface area contributed by atoms with Gasteiger partial charge in [-0.25, -0.2) is 4.98 Å². The summed E-state index contributed by atoms with van der Waals surface area (Å²) >= 11 is 1.63. The van der Waals surface area contributed by atoms with Crippen LogP contribution in [0.1, 0.15) is 5.69 Å². The third-order valence-corrected chi connectivity index (χ3v) is 4.29. The van der Waals surface area contributed by atoms with Crippen molar-refractivity contribution >= 4 is 22.7 Å². The number of nitrogens with zero attached hydrogens (tertiary/aromatic N) is 1. The lowest BCUT2D eigenvalue weighted by molar-refractivity contribution is 0.405. The second-order valence-corrected chi connectivity index (χ2v) is 5.82. The van der Waals surface area contributed by atoms with E-state index in [-0.39, 0.29) is 5.75 Å². The molecule has 3 aromatic rings. The molecule has 3 rings (SSSR count). The maximum atomic E-state index is 9.79. The molecule has 21 heavy (non-hydrogen) atoms. The van der Waals surface area contributed by atoms with Crippen molar-refractivity contribution in [3.8, 4) is 11.5 Å². The third kappa shape index (κ3) is 2.81. The Labute approximate surface area is 127 Å². The van der Waals surface area contributed by atoms with Crippen molar-refractivity contribution in [1.29, 1.82) is 0 Å². The highest BCUT2D eigenvalue weighted by Gasteiger charge is 2.06. The largest absolute Gasteiger partial charge is 0.506 e. The van der Waals surface area contributed by atoms with Gasteiger partial charge < -0.3 is 9.84 Å². The number of ether oxygens (including phenoxy) is 1. The van der Waals surface area contributed by atoms with Crippen LogP contribution in [0, 0.1) is 6.92 Å². The first-order valence-corrected chi connectivity index (χ1v) is 7.40. The Morgan fingerprint density at radius 1 is 1.10 bits per heavy atom. The molecule has 0 spiro atoms. The monoisotopic (exact) mass is 297 g/mol. The Kier molecular flexibility index (Phi) is 3.71. The van der Waals surface area contributed by atoms with Gasteiger partial charge in [0, 0.05) is 10.3 Å². The lowest BCUT2D eigenvalue weighted by Crippen LogP contribution is -1.87. The van der Waals surface area contributed by atoms with Crippen molar-refractivity contribution in [3.63, 3.8) is 0 Å². The van der Waals surface area contributed by atoms with Crippen LogP contribution in [0.5, 0.6) is 11.5 Å². The molecule has 2 aromatic carbocycles. The van der Waals surface area contributed by atoms with Crippen LogP contribution in [-0.4, -0.2) is 17.2 Å². The number of aromatic nitrogens is 1. The van der Waals surface area contributed by atoms with E-state index in [1.165, 1.54) is 0 Å². The van der Waals surface area contributed by atoms with E-state index in [0.717, 1.165) is 26.4 Å². The summed E-state index contributed by atoms with van der Waals surface area (Å²) in [5.41, 5.74) is 1.53. The van der Waals surface area contributed by atoms with Gasteiger partial charge >= 0.3 is 0 Å². The Bertz CT molecular complexity index is 802. The number of aromatic hydroxyl groups is 1. The van der Waals surface area contributed by atoms with Gasteiger partial charge in [-0.2, -0.15) is 0 Å². The number of hydrogen-bond acceptors (Lipinski definition) is 4. The van der Waals surface area contributed by atoms with E-state index in [1.54, 1.807) is 31.9 Å². The summed E-state index contributed by atoms with van der Waals surface area (Å²) in [5, 5.41) is 10.7. The van der Waals surface area contributed by atoms with Crippen molar-refractivity contribution in [1.82, 2.24) is 4.98 Å². The fourth-order valence-corrected chi connectivity index (χ4v) is 3.11. The van der Waals surface area contributed by atoms with Gasteiger partial charge in [0.25, 0.3) is 0 Å². The molecule has 0 amide bonds. The van der Waals surface area contributed by atoms with Gasteiger partial charge in [-0.3, -0.25) is 0 Å². The highest BCUT2D eigenvalue weighted by Crippen LogP contribution is 2.36. The normalized spacial score (nSPS) is 10.8. The molecule has 0 atom stereocenters. The molecule has 106 valence electrons. The molecule has 0 saturated heterocycles. The van der Waals surface area contributed by atoms with Crippen molar-refractivity contribution in [2.45, 2.75) is 16.7 Å². The Morgan fingerprint density at radius 2 is 1.90 bits per heavy atom. The minimum Gasteiger partial charge on any atom is -0.506 e. The second-order valence-electron chi connectivity index (χ2n) is 4.70. The number of benzene rings is 2. The van der Waals surface area contributed by atoms with Crippen LogP contribution in [-0.2, 0) is 0 Å². The summed E-state index contributed by atoms with van der Waals surface area (Å²) in [6.07, 6.45) is 0. The van der Waals surface area contributed by atoms with E-state index in [4.69, 9.17) is 4.74 Å². The quantitative estimate of drug-likeness (QED) is 0.777. The SMILES string of the molecule is COc1ccccc1Sc1ccc2nc(C)c(O)cc2c1. The number of methoxy groups -OCH3 is 1. The van der Waals surface area contributed by atoms with Gasteiger partial charge in [-0.15, -0.1) is 0 Å². The van der Waals surface area contributed by atoms with Gasteiger partial charge in [0.05, 0.1) is 23.2 Å². The summed E-state index contributed by atoms with van der Waals surface area (Å²) < 4.78 is 5.37. The lowest BCUT2D eigenvalue weighted by atomic mass is 10.2. The van der Waals surface area contributed by atoms with Crippen LogP contribution >= 0.6 is 11.8 Å². The minimum absolute atomic E-state index is 0.224. The van der Waals surface area contributed by atoms with Gasteiger partial charge in [0.1, 0.15) is 11.5 Å². The first-order valence-electron chi connectivity index (χ1n) is 6.58. The molecule has 1 heterocycles. The predicted octanol–water partition coefficient (Wildman–Crippen LogP) is 4.41. The number of hydrogen-bond donors (Lipinski definition) is 1. The van der Waals surface area contributed by atoms with Crippen molar-refractivity contribution in [2.24, 2.45) is 0 Å². The molecule has 0 aliphatic carbocycles. The van der Waals surface area contributed by atoms with Crippen molar-refractivity contribution in [2.75, 3.05) is 7.11 Å². The number of aryl methyl sites for hydroxylation is 1. The number of pyridine rings is 1. The van der Waals surface area contributed by atoms with Gasteiger partial charge in [-0.05, 0) is 43.3 Å². The maximum absolute atomic E-state index is 9.79. The van der Waals surface area contributed by atoms with Crippen LogP contribution in [0.15, 0.2) is 58.3 Å². The molecule has 0 unspecified atom stereocenters. The first kappa shape index (κ1) is 13.8. The predicted molar refractivity (Wildman–Crippen MR) is 85.3 cm³/mol. The molecule has 4 heteroatoms. The fraction of sp³-hybridized carbons (Fsp3) is 0.118. The molecular weight excluding hydrogens is 282 g/mol. The van der Waals surface area contributed by atoms with Crippen molar-refractivity contribution in [3.05, 3.63) is 54.2 Å². The van der Waals surface area contributed by atoms with Gasteiger partial charge in [-0.1, -0.05) is 23.9 Å². The third-order valence-electron chi connectivity index (χ3n) is 3.25. The van der Waals surface area contributed by atoms with E-state index in [9.17, 15) is 5.11 Å². The number of para-hydroxylation sites is 1. The van der Waals surface area contributed by atoms with Gasteiger partial charge in [0.15, 0.2) is 0 Å². The molecule has 0 aliphatic rings. The van der Waals surface area contributed by atoms with Crippen LogP contribution < -0.4 is 4.74 Å². The molecule has 3 nitrogen and oxygen atoms in total. The zero-order valence-electron chi connectivity index (χ0n) is 11.8. The van der Waals surface area contributed by atoms with Crippen molar-refractivity contribution < 1.29 is 9.84 Å². The second kappa shape index (κ2) is 5.66. The van der Waals surface area contributed by atoms with Crippen LogP contribution in [0.4, 0.5) is 0 Å². The summed E-state index contributed by atoms with van der Waals surface area (Å²) in [5.74, 6) is 1.08. The zero-order chi connectivity index (χ0) is 14.8. The summed E-state index contributed by atoms with van der Waals surface area (Å²) in [7, 11) is 1.67. The molecule has 1 aromatic heterocycles. The van der Waals surface area contributed by atoms with Gasteiger partial charge in [0.2, 0.25) is 0 Å². The molecule has 0 radical (unpaired) electrons. The van der Waals surface area contributed by atoms with E-state index < -0.39 is 0 Å². The smallest absolute Gasteiger partial charge is 0.137 e. The average molecular weight is 297 g/mol. The maximum Gasteiger partial charge on any atom is 0.137 e. The average Bonchev–Trinajstić information content (AvgIpc) is 2.49. The zero-order valence-corrected chi connectivity index (χ0v) is 12.6. The summed E-state index contributed by atoms with van der Waals surface area (Å²) in [6.45, 7) is 1.80. The van der Waals surface area contributed by atoms with E-state index in [1.807, 2.05) is 42.5 Å². The highest BCUT2D eigenvalue weighted by atomic mass is 32.2. The fourth-order valence-electron chi connectivity index (χ4n) is 2.13. The topological polar surface area (TPSA) is 42.4 Å². The van der Waals surface area contributed by atoms with Crippen LogP contribution in [0.25, 0.3) is 10.9 Å². The summed E-state index contributed by atoms with van der Waals surface area (Å²) in [4.78, 5) is 6.51. The Balaban J connectivity index is 1.99. The van der Waals surface area contributed by atoms with E-state index in [0.29, 0.717) is 5.69 Å². The Hall–Kier alpha value is -2.20. The van der Waals surface area contributed by atoms with E-state index in [2.05, 4.69) is 4.98 Å². The van der Waals surface area contributed by atoms with Crippen LogP contribution in [0.2, 0.25) is 0 Å². The minimum atomic E-state index is 0.224. The lowest BCUT2D eigenvalue weighted by Gasteiger charge is -2.08. The molecule has 1 N–H and O–H groups in total. The first-order chi connectivity index (χ1) is 10.2. The molecule has 0 saturated carbocycles. The number of fused-ring (bicyclic) bond motifs is 1. The number of rotatable bonds is 3. The standard InChI is InChI=1S/C17H15NO2S/c1-11-15(19)10-12-9-13(7-8-14(12)18-11)21-17-6-4-3-5-16(17)20-2/h3-10,19H,1-2H3. The molecule has 0 fully saturated rings. The molecule has 0 aliphatic heterocycles. The van der Waals surface area contributed by atoms with E-state index >= 15 is 0 Å².